The zero-order chi connectivity index (χ0) is 9.78. The molecule has 0 saturated heterocycles. The molecule has 0 aliphatic carbocycles. The minimum Gasteiger partial charge on any atom is -0.328 e. The number of nitrogens with two attached hydrogens (primary N) is 1. The van der Waals surface area contributed by atoms with E-state index in [1.54, 1.807) is 0 Å². The summed E-state index contributed by atoms with van der Waals surface area (Å²) in [6.45, 7) is 10.9. The molecule has 0 aliphatic heterocycles. The summed E-state index contributed by atoms with van der Waals surface area (Å²) in [6, 6.07) is 0.867. The van der Waals surface area contributed by atoms with Gasteiger partial charge < -0.3 is 11.1 Å². The molecule has 0 aromatic carbocycles. The van der Waals surface area contributed by atoms with Gasteiger partial charge in [-0.3, -0.25) is 0 Å². The second-order valence-electron chi connectivity index (χ2n) is 4.70. The van der Waals surface area contributed by atoms with Crippen LogP contribution < -0.4 is 11.1 Å². The number of rotatable bonds is 5. The van der Waals surface area contributed by atoms with Gasteiger partial charge in [-0.2, -0.15) is 0 Å². The summed E-state index contributed by atoms with van der Waals surface area (Å²) in [4.78, 5) is 0. The van der Waals surface area contributed by atoms with Crippen molar-refractivity contribution in [2.75, 3.05) is 0 Å². The first-order valence-electron chi connectivity index (χ1n) is 4.87. The zero-order valence-electron chi connectivity index (χ0n) is 9.15. The van der Waals surface area contributed by atoms with Gasteiger partial charge in [0, 0.05) is 17.6 Å². The Labute approximate surface area is 76.9 Å². The molecule has 0 aromatic heterocycles. The van der Waals surface area contributed by atoms with Gasteiger partial charge in [0.15, 0.2) is 0 Å². The van der Waals surface area contributed by atoms with Crippen molar-refractivity contribution < 1.29 is 0 Å². The van der Waals surface area contributed by atoms with Crippen molar-refractivity contribution in [1.82, 2.24) is 5.32 Å². The third kappa shape index (κ3) is 6.62. The molecular formula is C10H24N2. The fourth-order valence-electron chi connectivity index (χ4n) is 1.44. The van der Waals surface area contributed by atoms with E-state index in [0.29, 0.717) is 12.1 Å². The molecule has 0 amide bonds. The Kier molecular flexibility index (Phi) is 4.80. The highest BCUT2D eigenvalue weighted by Crippen LogP contribution is 2.12. The summed E-state index contributed by atoms with van der Waals surface area (Å²) in [5.41, 5.74) is 5.93. The highest BCUT2D eigenvalue weighted by molar-refractivity contribution is 4.80. The highest BCUT2D eigenvalue weighted by atomic mass is 15.0. The summed E-state index contributed by atoms with van der Waals surface area (Å²) < 4.78 is 0. The molecule has 0 saturated carbocycles. The van der Waals surface area contributed by atoms with Gasteiger partial charge in [-0.25, -0.2) is 0 Å². The molecule has 0 spiro atoms. The van der Waals surface area contributed by atoms with Gasteiger partial charge in [-0.1, -0.05) is 13.8 Å². The molecule has 12 heavy (non-hydrogen) atoms. The van der Waals surface area contributed by atoms with Crippen molar-refractivity contribution in [3.05, 3.63) is 0 Å². The topological polar surface area (TPSA) is 38.0 Å². The second-order valence-corrected chi connectivity index (χ2v) is 4.70. The van der Waals surface area contributed by atoms with Gasteiger partial charge in [-0.15, -0.1) is 0 Å². The SMILES string of the molecule is CC(N)CCC(C)(C)NC(C)C. The van der Waals surface area contributed by atoms with E-state index in [0.717, 1.165) is 12.8 Å². The predicted octanol–water partition coefficient (Wildman–Crippen LogP) is 1.89. The molecular weight excluding hydrogens is 148 g/mol. The largest absolute Gasteiger partial charge is 0.328 e. The van der Waals surface area contributed by atoms with Crippen LogP contribution in [0.1, 0.15) is 47.5 Å². The lowest BCUT2D eigenvalue weighted by Crippen LogP contribution is -2.44. The normalized spacial score (nSPS) is 15.2. The van der Waals surface area contributed by atoms with Crippen molar-refractivity contribution >= 4 is 0 Å². The van der Waals surface area contributed by atoms with Crippen LogP contribution in [0.5, 0.6) is 0 Å². The lowest BCUT2D eigenvalue weighted by molar-refractivity contribution is 0.318. The first-order valence-corrected chi connectivity index (χ1v) is 4.87. The first-order chi connectivity index (χ1) is 5.33. The summed E-state index contributed by atoms with van der Waals surface area (Å²) in [5.74, 6) is 0. The summed E-state index contributed by atoms with van der Waals surface area (Å²) in [5, 5.41) is 3.52. The Morgan fingerprint density at radius 3 is 2.08 bits per heavy atom. The molecule has 1 unspecified atom stereocenters. The molecule has 0 rings (SSSR count). The Morgan fingerprint density at radius 1 is 1.25 bits per heavy atom. The molecule has 0 aromatic rings. The molecule has 0 radical (unpaired) electrons. The van der Waals surface area contributed by atoms with Gasteiger partial charge in [-0.05, 0) is 33.6 Å². The maximum atomic E-state index is 5.70. The predicted molar refractivity (Wildman–Crippen MR) is 55.2 cm³/mol. The van der Waals surface area contributed by atoms with Crippen LogP contribution in [0.3, 0.4) is 0 Å². The van der Waals surface area contributed by atoms with E-state index in [9.17, 15) is 0 Å². The van der Waals surface area contributed by atoms with Gasteiger partial charge in [0.05, 0.1) is 0 Å². The third-order valence-corrected chi connectivity index (χ3v) is 1.90. The minimum atomic E-state index is 0.224. The van der Waals surface area contributed by atoms with Crippen LogP contribution in [0.2, 0.25) is 0 Å². The van der Waals surface area contributed by atoms with Crippen molar-refractivity contribution in [2.24, 2.45) is 5.73 Å². The fraction of sp³-hybridized carbons (Fsp3) is 1.00. The van der Waals surface area contributed by atoms with Crippen LogP contribution in [-0.4, -0.2) is 17.6 Å². The quantitative estimate of drug-likeness (QED) is 0.664. The molecule has 0 fully saturated rings. The summed E-state index contributed by atoms with van der Waals surface area (Å²) >= 11 is 0. The van der Waals surface area contributed by atoms with Crippen molar-refractivity contribution in [1.29, 1.82) is 0 Å². The van der Waals surface area contributed by atoms with Crippen molar-refractivity contribution in [2.45, 2.75) is 65.1 Å². The number of hydrogen-bond acceptors (Lipinski definition) is 2. The maximum absolute atomic E-state index is 5.70. The standard InChI is InChI=1S/C10H24N2/c1-8(2)12-10(4,5)7-6-9(3)11/h8-9,12H,6-7,11H2,1-5H3. The van der Waals surface area contributed by atoms with E-state index in [1.165, 1.54) is 0 Å². The van der Waals surface area contributed by atoms with Crippen molar-refractivity contribution in [3.63, 3.8) is 0 Å². The molecule has 2 nitrogen and oxygen atoms in total. The Bertz CT molecular complexity index is 117. The van der Waals surface area contributed by atoms with E-state index in [4.69, 9.17) is 5.73 Å². The van der Waals surface area contributed by atoms with Crippen LogP contribution in [0, 0.1) is 0 Å². The average Bonchev–Trinajstić information content (AvgIpc) is 1.81. The van der Waals surface area contributed by atoms with Gasteiger partial charge in [0.1, 0.15) is 0 Å². The van der Waals surface area contributed by atoms with Gasteiger partial charge >= 0.3 is 0 Å². The highest BCUT2D eigenvalue weighted by Gasteiger charge is 2.18. The summed E-state index contributed by atoms with van der Waals surface area (Å²) in [7, 11) is 0. The fourth-order valence-corrected chi connectivity index (χ4v) is 1.44. The number of hydrogen-bond donors (Lipinski definition) is 2. The Morgan fingerprint density at radius 2 is 1.75 bits per heavy atom. The second kappa shape index (κ2) is 4.83. The molecule has 74 valence electrons. The summed E-state index contributed by atoms with van der Waals surface area (Å²) in [6.07, 6.45) is 2.23. The van der Waals surface area contributed by atoms with Crippen LogP contribution in [0.25, 0.3) is 0 Å². The van der Waals surface area contributed by atoms with E-state index in [1.807, 2.05) is 0 Å². The van der Waals surface area contributed by atoms with Crippen LogP contribution in [0.15, 0.2) is 0 Å². The smallest absolute Gasteiger partial charge is 0.0128 e. The van der Waals surface area contributed by atoms with E-state index in [2.05, 4.69) is 39.9 Å². The van der Waals surface area contributed by atoms with Crippen LogP contribution >= 0.6 is 0 Å². The van der Waals surface area contributed by atoms with Gasteiger partial charge in [0.25, 0.3) is 0 Å². The minimum absolute atomic E-state index is 0.224. The van der Waals surface area contributed by atoms with E-state index in [-0.39, 0.29) is 5.54 Å². The monoisotopic (exact) mass is 172 g/mol. The zero-order valence-corrected chi connectivity index (χ0v) is 9.15. The average molecular weight is 172 g/mol. The third-order valence-electron chi connectivity index (χ3n) is 1.90. The van der Waals surface area contributed by atoms with E-state index < -0.39 is 0 Å². The molecule has 1 atom stereocenters. The molecule has 0 bridgehead atoms. The maximum Gasteiger partial charge on any atom is 0.0128 e. The lowest BCUT2D eigenvalue weighted by atomic mass is 9.95. The lowest BCUT2D eigenvalue weighted by Gasteiger charge is -2.29. The van der Waals surface area contributed by atoms with Crippen molar-refractivity contribution in [3.8, 4) is 0 Å². The molecule has 3 N–H and O–H groups in total. The number of nitrogens with one attached hydrogen (secondary N) is 1. The van der Waals surface area contributed by atoms with Gasteiger partial charge in [0.2, 0.25) is 0 Å². The molecule has 2 heteroatoms. The molecule has 0 aliphatic rings. The van der Waals surface area contributed by atoms with E-state index >= 15 is 0 Å². The van der Waals surface area contributed by atoms with Crippen LogP contribution in [0.4, 0.5) is 0 Å². The van der Waals surface area contributed by atoms with Crippen LogP contribution in [-0.2, 0) is 0 Å². The first kappa shape index (κ1) is 11.9. The Hall–Kier alpha value is -0.0800. The Balaban J connectivity index is 3.71. The molecule has 0 heterocycles.